The van der Waals surface area contributed by atoms with E-state index in [1.807, 2.05) is 0 Å². The molecule has 0 saturated heterocycles. The zero-order valence-corrected chi connectivity index (χ0v) is 56.7. The first kappa shape index (κ1) is 83.1. The third kappa shape index (κ3) is 60.7. The first-order valence-corrected chi connectivity index (χ1v) is 37.5. The van der Waals surface area contributed by atoms with Gasteiger partial charge in [0.2, 0.25) is 0 Å². The molecule has 3 N–H and O–H groups in total. The van der Waals surface area contributed by atoms with Crippen molar-refractivity contribution in [1.82, 2.24) is 0 Å². The van der Waals surface area contributed by atoms with Crippen LogP contribution >= 0.6 is 15.6 Å². The first-order chi connectivity index (χ1) is 40.9. The van der Waals surface area contributed by atoms with Crippen molar-refractivity contribution in [2.75, 3.05) is 39.6 Å². The van der Waals surface area contributed by atoms with Gasteiger partial charge in [0.1, 0.15) is 19.3 Å². The summed E-state index contributed by atoms with van der Waals surface area (Å²) in [5.41, 5.74) is 0. The monoisotopic (exact) mass is 1250 g/mol. The number of esters is 4. The molecule has 0 saturated carbocycles. The fraction of sp³-hybridized carbons (Fsp3) is 0.939. The molecule has 17 nitrogen and oxygen atoms in total. The summed E-state index contributed by atoms with van der Waals surface area (Å²) >= 11 is 0. The average molecular weight is 1260 g/mol. The lowest BCUT2D eigenvalue weighted by molar-refractivity contribution is -0.161. The van der Waals surface area contributed by atoms with Gasteiger partial charge < -0.3 is 33.8 Å². The van der Waals surface area contributed by atoms with Gasteiger partial charge in [0, 0.05) is 25.7 Å². The van der Waals surface area contributed by atoms with Crippen LogP contribution in [0.2, 0.25) is 0 Å². The van der Waals surface area contributed by atoms with E-state index in [0.29, 0.717) is 31.6 Å². The summed E-state index contributed by atoms with van der Waals surface area (Å²) in [6.07, 6.45) is 41.8. The zero-order chi connectivity index (χ0) is 62.9. The van der Waals surface area contributed by atoms with E-state index < -0.39 is 97.5 Å². The molecule has 0 radical (unpaired) electrons. The normalized spacial score (nSPS) is 14.2. The van der Waals surface area contributed by atoms with Crippen LogP contribution in [0.4, 0.5) is 0 Å². The Balaban J connectivity index is 5.23. The standard InChI is InChI=1S/C66H128O17P2/c1-7-9-11-13-15-17-18-19-20-21-26-32-38-44-50-65(70)82-61(55-77-64(69)49-43-37-31-25-23-22-24-28-34-40-46-58(3)4)56-80-84(72,73)78-52-60(67)53-79-85(74,75)81-57-62(54-76-63(68)48-42-36-30-16-14-12-10-8-2)83-66(71)51-45-39-33-27-29-35-41-47-59(5)6/h58-62,67H,7-57H2,1-6H3,(H,72,73)(H,74,75)/t60-,61-,62-/m1/s1. The Morgan fingerprint density at radius 3 is 0.800 bits per heavy atom. The summed E-state index contributed by atoms with van der Waals surface area (Å²) in [5.74, 6) is -0.679. The van der Waals surface area contributed by atoms with Crippen molar-refractivity contribution in [3.05, 3.63) is 0 Å². The van der Waals surface area contributed by atoms with Gasteiger partial charge in [0.15, 0.2) is 12.2 Å². The highest BCUT2D eigenvalue weighted by Crippen LogP contribution is 2.45. The maximum absolute atomic E-state index is 13.0. The number of unbranched alkanes of at least 4 members (excludes halogenated alkanes) is 35. The van der Waals surface area contributed by atoms with E-state index in [1.54, 1.807) is 0 Å². The number of rotatable bonds is 65. The van der Waals surface area contributed by atoms with Crippen molar-refractivity contribution in [3.8, 4) is 0 Å². The Hall–Kier alpha value is -1.94. The Morgan fingerprint density at radius 2 is 0.541 bits per heavy atom. The second-order valence-electron chi connectivity index (χ2n) is 24.8. The summed E-state index contributed by atoms with van der Waals surface area (Å²) in [6.45, 7) is 9.42. The Kier molecular flexibility index (Phi) is 57.1. The number of aliphatic hydroxyl groups is 1. The minimum absolute atomic E-state index is 0.103. The molecular weight excluding hydrogens is 1130 g/mol. The highest BCUT2D eigenvalue weighted by molar-refractivity contribution is 7.47. The number of aliphatic hydroxyl groups excluding tert-OH is 1. The van der Waals surface area contributed by atoms with Crippen molar-refractivity contribution in [1.29, 1.82) is 0 Å². The van der Waals surface area contributed by atoms with Crippen LogP contribution in [0.3, 0.4) is 0 Å². The summed E-state index contributed by atoms with van der Waals surface area (Å²) in [5, 5.41) is 10.5. The predicted molar refractivity (Wildman–Crippen MR) is 340 cm³/mol. The number of hydrogen-bond donors (Lipinski definition) is 3. The van der Waals surface area contributed by atoms with E-state index in [1.165, 1.54) is 141 Å². The molecule has 2 unspecified atom stereocenters. The molecule has 504 valence electrons. The SMILES string of the molecule is CCCCCCCCCCCCCCCCC(=O)O[C@H](COC(=O)CCCCCCCCCCCCC(C)C)COP(=O)(O)OC[C@@H](O)COP(=O)(O)OC[C@@H](COC(=O)CCCCCCCCCC)OC(=O)CCCCCCCCCC(C)C. The summed E-state index contributed by atoms with van der Waals surface area (Å²) in [4.78, 5) is 72.2. The van der Waals surface area contributed by atoms with Gasteiger partial charge in [-0.3, -0.25) is 37.3 Å². The number of carbonyl (C=O) groups excluding carboxylic acids is 4. The van der Waals surface area contributed by atoms with E-state index >= 15 is 0 Å². The van der Waals surface area contributed by atoms with Crippen molar-refractivity contribution in [2.24, 2.45) is 11.8 Å². The largest absolute Gasteiger partial charge is 0.472 e. The second-order valence-corrected chi connectivity index (χ2v) is 27.7. The van der Waals surface area contributed by atoms with Gasteiger partial charge in [0.25, 0.3) is 0 Å². The summed E-state index contributed by atoms with van der Waals surface area (Å²) < 4.78 is 68.0. The summed E-state index contributed by atoms with van der Waals surface area (Å²) in [6, 6.07) is 0. The zero-order valence-electron chi connectivity index (χ0n) is 54.9. The maximum Gasteiger partial charge on any atom is 0.472 e. The van der Waals surface area contributed by atoms with Crippen LogP contribution in [0.15, 0.2) is 0 Å². The van der Waals surface area contributed by atoms with Crippen LogP contribution in [-0.4, -0.2) is 96.7 Å². The molecule has 5 atom stereocenters. The molecule has 0 aromatic carbocycles. The van der Waals surface area contributed by atoms with Gasteiger partial charge in [-0.2, -0.15) is 0 Å². The molecule has 0 spiro atoms. The molecule has 0 fully saturated rings. The van der Waals surface area contributed by atoms with E-state index in [0.717, 1.165) is 102 Å². The smallest absolute Gasteiger partial charge is 0.462 e. The molecule has 0 rings (SSSR count). The molecule has 0 bridgehead atoms. The van der Waals surface area contributed by atoms with Crippen LogP contribution in [0.25, 0.3) is 0 Å². The Morgan fingerprint density at radius 1 is 0.318 bits per heavy atom. The maximum atomic E-state index is 13.0. The minimum Gasteiger partial charge on any atom is -0.462 e. The number of phosphoric acid groups is 2. The Labute approximate surface area is 517 Å². The van der Waals surface area contributed by atoms with Gasteiger partial charge in [-0.25, -0.2) is 9.13 Å². The number of hydrogen-bond acceptors (Lipinski definition) is 15. The van der Waals surface area contributed by atoms with Crippen LogP contribution < -0.4 is 0 Å². The van der Waals surface area contributed by atoms with Crippen LogP contribution in [0.5, 0.6) is 0 Å². The van der Waals surface area contributed by atoms with Crippen molar-refractivity contribution < 1.29 is 80.2 Å². The van der Waals surface area contributed by atoms with Crippen molar-refractivity contribution in [2.45, 2.75) is 349 Å². The number of ether oxygens (including phenoxy) is 4. The highest BCUT2D eigenvalue weighted by Gasteiger charge is 2.30. The molecule has 0 aliphatic heterocycles. The van der Waals surface area contributed by atoms with Gasteiger partial charge in [-0.1, -0.05) is 279 Å². The molecule has 0 aliphatic rings. The van der Waals surface area contributed by atoms with Gasteiger partial charge in [0.05, 0.1) is 26.4 Å². The average Bonchev–Trinajstić information content (AvgIpc) is 3.60. The molecule has 0 aliphatic carbocycles. The quantitative estimate of drug-likeness (QED) is 0.0222. The topological polar surface area (TPSA) is 237 Å². The summed E-state index contributed by atoms with van der Waals surface area (Å²) in [7, 11) is -9.89. The van der Waals surface area contributed by atoms with E-state index in [-0.39, 0.29) is 25.7 Å². The number of phosphoric ester groups is 2. The van der Waals surface area contributed by atoms with E-state index in [2.05, 4.69) is 41.5 Å². The van der Waals surface area contributed by atoms with Crippen LogP contribution in [0, 0.1) is 11.8 Å². The molecule has 19 heteroatoms. The Bertz CT molecular complexity index is 1670. The number of carbonyl (C=O) groups is 4. The molecule has 0 aromatic heterocycles. The first-order valence-electron chi connectivity index (χ1n) is 34.5. The molecule has 85 heavy (non-hydrogen) atoms. The van der Waals surface area contributed by atoms with Gasteiger partial charge >= 0.3 is 39.5 Å². The van der Waals surface area contributed by atoms with Crippen LogP contribution in [0.1, 0.15) is 330 Å². The van der Waals surface area contributed by atoms with E-state index in [9.17, 15) is 43.2 Å². The molecular formula is C66H128O17P2. The van der Waals surface area contributed by atoms with Crippen molar-refractivity contribution >= 4 is 39.5 Å². The molecule has 0 aromatic rings. The predicted octanol–water partition coefficient (Wildman–Crippen LogP) is 18.4. The third-order valence-corrected chi connectivity index (χ3v) is 17.1. The van der Waals surface area contributed by atoms with E-state index in [4.69, 9.17) is 37.0 Å². The molecule has 0 heterocycles. The third-order valence-electron chi connectivity index (χ3n) is 15.2. The fourth-order valence-corrected chi connectivity index (χ4v) is 11.5. The lowest BCUT2D eigenvalue weighted by Crippen LogP contribution is -2.30. The van der Waals surface area contributed by atoms with Gasteiger partial charge in [-0.05, 0) is 37.5 Å². The molecule has 0 amide bonds. The van der Waals surface area contributed by atoms with Crippen molar-refractivity contribution in [3.63, 3.8) is 0 Å². The van der Waals surface area contributed by atoms with Crippen LogP contribution in [-0.2, 0) is 65.4 Å². The minimum atomic E-state index is -4.95. The highest BCUT2D eigenvalue weighted by atomic mass is 31.2. The van der Waals surface area contributed by atoms with Gasteiger partial charge in [-0.15, -0.1) is 0 Å². The lowest BCUT2D eigenvalue weighted by Gasteiger charge is -2.21. The fourth-order valence-electron chi connectivity index (χ4n) is 9.88. The second kappa shape index (κ2) is 58.4. The lowest BCUT2D eigenvalue weighted by atomic mass is 10.0.